The van der Waals surface area contributed by atoms with Crippen molar-refractivity contribution in [2.75, 3.05) is 6.61 Å². The number of aromatic carboxylic acids is 1. The zero-order valence-electron chi connectivity index (χ0n) is 20.0. The Kier molecular flexibility index (Phi) is 8.50. The first-order chi connectivity index (χ1) is 15.2. The monoisotopic (exact) mass is 438 g/mol. The van der Waals surface area contributed by atoms with Gasteiger partial charge in [0.1, 0.15) is 0 Å². The molecule has 4 nitrogen and oxygen atoms in total. The van der Waals surface area contributed by atoms with Crippen LogP contribution in [-0.4, -0.2) is 29.4 Å². The lowest BCUT2D eigenvalue weighted by Crippen LogP contribution is -2.30. The van der Waals surface area contributed by atoms with E-state index in [1.165, 1.54) is 32.1 Å². The fourth-order valence-electron chi connectivity index (χ4n) is 4.50. The third-order valence-electron chi connectivity index (χ3n) is 6.26. The highest BCUT2D eigenvalue weighted by Gasteiger charge is 2.22. The predicted molar refractivity (Wildman–Crippen MR) is 129 cm³/mol. The normalized spacial score (nSPS) is 16.1. The van der Waals surface area contributed by atoms with Gasteiger partial charge in [0.15, 0.2) is 0 Å². The standard InChI is InChI=1S/C28H38O4/c1-20-10-8-9-13-24(20)26-17-22(14-15-25(26)27(29)30)18-31-23(19-32-28(2,3)4)16-21-11-6-5-7-12-21/h8-10,13-15,17,21,23H,5-7,11-12,16,18-19H2,1-4H3,(H,29,30)/t23-/m0/s1. The van der Waals surface area contributed by atoms with E-state index in [1.54, 1.807) is 6.07 Å². The lowest BCUT2D eigenvalue weighted by Gasteiger charge is -2.29. The van der Waals surface area contributed by atoms with E-state index in [9.17, 15) is 9.90 Å². The van der Waals surface area contributed by atoms with Gasteiger partial charge in [0.2, 0.25) is 0 Å². The fourth-order valence-corrected chi connectivity index (χ4v) is 4.50. The number of carboxylic acids is 1. The van der Waals surface area contributed by atoms with Gasteiger partial charge in [0.05, 0.1) is 30.5 Å². The summed E-state index contributed by atoms with van der Waals surface area (Å²) in [5, 5.41) is 9.71. The van der Waals surface area contributed by atoms with Gasteiger partial charge in [-0.3, -0.25) is 0 Å². The van der Waals surface area contributed by atoms with Crippen molar-refractivity contribution in [2.24, 2.45) is 5.92 Å². The largest absolute Gasteiger partial charge is 0.478 e. The zero-order chi connectivity index (χ0) is 23.1. The Hall–Kier alpha value is -2.17. The highest BCUT2D eigenvalue weighted by molar-refractivity contribution is 5.96. The maximum Gasteiger partial charge on any atom is 0.336 e. The van der Waals surface area contributed by atoms with Crippen molar-refractivity contribution in [1.82, 2.24) is 0 Å². The molecule has 2 aromatic carbocycles. The molecule has 1 N–H and O–H groups in total. The van der Waals surface area contributed by atoms with Crippen molar-refractivity contribution >= 4 is 5.97 Å². The molecule has 174 valence electrons. The van der Waals surface area contributed by atoms with Crippen molar-refractivity contribution in [3.63, 3.8) is 0 Å². The number of carboxylic acid groups (broad SMARTS) is 1. The average Bonchev–Trinajstić information content (AvgIpc) is 2.76. The van der Waals surface area contributed by atoms with Crippen molar-refractivity contribution in [1.29, 1.82) is 0 Å². The molecule has 0 amide bonds. The van der Waals surface area contributed by atoms with E-state index >= 15 is 0 Å². The third kappa shape index (κ3) is 7.18. The summed E-state index contributed by atoms with van der Waals surface area (Å²) in [7, 11) is 0. The Labute approximate surface area is 193 Å². The van der Waals surface area contributed by atoms with E-state index in [0.717, 1.165) is 28.7 Å². The van der Waals surface area contributed by atoms with Gasteiger partial charge in [0, 0.05) is 0 Å². The number of hydrogen-bond acceptors (Lipinski definition) is 3. The smallest absolute Gasteiger partial charge is 0.336 e. The summed E-state index contributed by atoms with van der Waals surface area (Å²) in [6, 6.07) is 13.4. The SMILES string of the molecule is Cc1ccccc1-c1cc(CO[C@H](COC(C)(C)C)CC2CCCCC2)ccc1C(=O)O. The summed E-state index contributed by atoms with van der Waals surface area (Å²) in [5.41, 5.74) is 3.85. The summed E-state index contributed by atoms with van der Waals surface area (Å²) in [4.78, 5) is 11.8. The highest BCUT2D eigenvalue weighted by atomic mass is 16.5. The molecule has 1 aliphatic rings. The van der Waals surface area contributed by atoms with Gasteiger partial charge < -0.3 is 14.6 Å². The Morgan fingerprint density at radius 1 is 1.06 bits per heavy atom. The first-order valence-electron chi connectivity index (χ1n) is 11.9. The van der Waals surface area contributed by atoms with Gasteiger partial charge in [-0.2, -0.15) is 0 Å². The van der Waals surface area contributed by atoms with Crippen LogP contribution in [0.5, 0.6) is 0 Å². The van der Waals surface area contributed by atoms with E-state index in [2.05, 4.69) is 20.8 Å². The molecule has 0 spiro atoms. The van der Waals surface area contributed by atoms with Gasteiger partial charge in [-0.1, -0.05) is 62.4 Å². The van der Waals surface area contributed by atoms with Crippen LogP contribution in [0.3, 0.4) is 0 Å². The maximum atomic E-state index is 11.8. The van der Waals surface area contributed by atoms with Crippen LogP contribution >= 0.6 is 0 Å². The van der Waals surface area contributed by atoms with Gasteiger partial charge in [0.25, 0.3) is 0 Å². The first-order valence-corrected chi connectivity index (χ1v) is 11.9. The second-order valence-corrected chi connectivity index (χ2v) is 10.1. The second-order valence-electron chi connectivity index (χ2n) is 10.1. The van der Waals surface area contributed by atoms with Crippen molar-refractivity contribution < 1.29 is 19.4 Å². The molecule has 0 radical (unpaired) electrons. The molecule has 0 saturated heterocycles. The molecule has 1 saturated carbocycles. The van der Waals surface area contributed by atoms with E-state index in [-0.39, 0.29) is 11.7 Å². The molecule has 0 aliphatic heterocycles. The summed E-state index contributed by atoms with van der Waals surface area (Å²) < 4.78 is 12.5. The van der Waals surface area contributed by atoms with Crippen LogP contribution in [-0.2, 0) is 16.1 Å². The lowest BCUT2D eigenvalue weighted by atomic mass is 9.85. The molecule has 0 heterocycles. The van der Waals surface area contributed by atoms with Crippen molar-refractivity contribution in [3.8, 4) is 11.1 Å². The molecule has 1 atom stereocenters. The first kappa shape index (κ1) is 24.5. The quantitative estimate of drug-likeness (QED) is 0.456. The molecule has 1 fully saturated rings. The maximum absolute atomic E-state index is 11.8. The minimum Gasteiger partial charge on any atom is -0.478 e. The summed E-state index contributed by atoms with van der Waals surface area (Å²) >= 11 is 0. The molecule has 4 heteroatoms. The molecular formula is C28H38O4. The molecule has 1 aliphatic carbocycles. The lowest BCUT2D eigenvalue weighted by molar-refractivity contribution is -0.0849. The van der Waals surface area contributed by atoms with Crippen LogP contribution in [0, 0.1) is 12.8 Å². The van der Waals surface area contributed by atoms with Crippen LogP contribution in [0.2, 0.25) is 0 Å². The van der Waals surface area contributed by atoms with Gasteiger partial charge in [-0.15, -0.1) is 0 Å². The van der Waals surface area contributed by atoms with Crippen LogP contribution in [0.4, 0.5) is 0 Å². The molecule has 0 unspecified atom stereocenters. The van der Waals surface area contributed by atoms with Gasteiger partial charge >= 0.3 is 5.97 Å². The summed E-state index contributed by atoms with van der Waals surface area (Å²) in [6.07, 6.45) is 7.59. The highest BCUT2D eigenvalue weighted by Crippen LogP contribution is 2.31. The number of rotatable bonds is 9. The minimum atomic E-state index is -0.913. The van der Waals surface area contributed by atoms with Crippen LogP contribution < -0.4 is 0 Å². The average molecular weight is 439 g/mol. The van der Waals surface area contributed by atoms with E-state index < -0.39 is 5.97 Å². The number of ether oxygens (including phenoxy) is 2. The predicted octanol–water partition coefficient (Wildman–Crippen LogP) is 7.03. The number of hydrogen-bond donors (Lipinski definition) is 1. The summed E-state index contributed by atoms with van der Waals surface area (Å²) in [5.74, 6) is -0.210. The Morgan fingerprint density at radius 2 is 1.78 bits per heavy atom. The van der Waals surface area contributed by atoms with E-state index in [0.29, 0.717) is 24.7 Å². The number of aryl methyl sites for hydroxylation is 1. The molecular weight excluding hydrogens is 400 g/mol. The minimum absolute atomic E-state index is 0.0402. The van der Waals surface area contributed by atoms with Gasteiger partial charge in [-0.05, 0) is 74.4 Å². The van der Waals surface area contributed by atoms with Crippen molar-refractivity contribution in [3.05, 3.63) is 59.2 Å². The Bertz CT molecular complexity index is 891. The van der Waals surface area contributed by atoms with Crippen LogP contribution in [0.1, 0.15) is 80.8 Å². The zero-order valence-corrected chi connectivity index (χ0v) is 20.0. The number of benzene rings is 2. The van der Waals surface area contributed by atoms with E-state index in [1.807, 2.05) is 43.3 Å². The molecule has 0 bridgehead atoms. The second kappa shape index (κ2) is 11.1. The van der Waals surface area contributed by atoms with Crippen molar-refractivity contribution in [2.45, 2.75) is 84.5 Å². The van der Waals surface area contributed by atoms with Crippen LogP contribution in [0.15, 0.2) is 42.5 Å². The van der Waals surface area contributed by atoms with Crippen LogP contribution in [0.25, 0.3) is 11.1 Å². The topological polar surface area (TPSA) is 55.8 Å². The van der Waals surface area contributed by atoms with Gasteiger partial charge in [-0.25, -0.2) is 4.79 Å². The Morgan fingerprint density at radius 3 is 2.44 bits per heavy atom. The third-order valence-corrected chi connectivity index (χ3v) is 6.26. The molecule has 2 aromatic rings. The van der Waals surface area contributed by atoms with E-state index in [4.69, 9.17) is 9.47 Å². The fraction of sp³-hybridized carbons (Fsp3) is 0.536. The molecule has 32 heavy (non-hydrogen) atoms. The Balaban J connectivity index is 1.76. The molecule has 0 aromatic heterocycles. The summed E-state index contributed by atoms with van der Waals surface area (Å²) in [6.45, 7) is 9.26. The number of carbonyl (C=O) groups is 1. The molecule has 3 rings (SSSR count).